The summed E-state index contributed by atoms with van der Waals surface area (Å²) in [6, 6.07) is 7.21. The molecule has 1 aromatic rings. The van der Waals surface area contributed by atoms with Crippen LogP contribution < -0.4 is 10.2 Å². The number of nitrogens with zero attached hydrogens (tertiary/aromatic N) is 3. The lowest BCUT2D eigenvalue weighted by molar-refractivity contribution is -0.134. The Morgan fingerprint density at radius 1 is 1.17 bits per heavy atom. The molecule has 1 saturated carbocycles. The first-order valence-electron chi connectivity index (χ1n) is 10.3. The van der Waals surface area contributed by atoms with Crippen molar-refractivity contribution in [2.45, 2.75) is 64.3 Å². The standard InChI is InChI=1S/C22H28N4O3/c1-16-8-9-18(14-17(16)2)25(13-7-12-23)19(27)15-26-20(28)22(24-21(26)29)10-5-3-4-6-11-22/h8-9,14H,3-7,10-11,13,15H2,1-2H3,(H,24,29). The number of hydrogen-bond acceptors (Lipinski definition) is 4. The molecule has 7 heteroatoms. The summed E-state index contributed by atoms with van der Waals surface area (Å²) in [7, 11) is 0. The molecule has 7 nitrogen and oxygen atoms in total. The molecule has 0 bridgehead atoms. The van der Waals surface area contributed by atoms with Gasteiger partial charge in [0.15, 0.2) is 0 Å². The molecule has 1 spiro atoms. The van der Waals surface area contributed by atoms with Gasteiger partial charge in [0.25, 0.3) is 5.91 Å². The molecule has 2 fully saturated rings. The van der Waals surface area contributed by atoms with Gasteiger partial charge in [-0.2, -0.15) is 5.26 Å². The number of imide groups is 1. The molecular formula is C22H28N4O3. The molecule has 1 saturated heterocycles. The third-order valence-corrected chi connectivity index (χ3v) is 6.05. The minimum Gasteiger partial charge on any atom is -0.323 e. The minimum atomic E-state index is -0.855. The van der Waals surface area contributed by atoms with Gasteiger partial charge in [-0.25, -0.2) is 4.79 Å². The van der Waals surface area contributed by atoms with Crippen LogP contribution in [0.4, 0.5) is 10.5 Å². The average molecular weight is 396 g/mol. The lowest BCUT2D eigenvalue weighted by atomic mass is 9.90. The average Bonchev–Trinajstić information content (AvgIpc) is 2.85. The van der Waals surface area contributed by atoms with E-state index >= 15 is 0 Å². The molecule has 1 aliphatic carbocycles. The minimum absolute atomic E-state index is 0.169. The monoisotopic (exact) mass is 396 g/mol. The van der Waals surface area contributed by atoms with Crippen LogP contribution in [0.2, 0.25) is 0 Å². The molecule has 2 aliphatic rings. The first kappa shape index (κ1) is 20.8. The second-order valence-corrected chi connectivity index (χ2v) is 8.04. The van der Waals surface area contributed by atoms with E-state index in [2.05, 4.69) is 11.4 Å². The van der Waals surface area contributed by atoms with Crippen LogP contribution in [0.25, 0.3) is 0 Å². The van der Waals surface area contributed by atoms with E-state index in [1.807, 2.05) is 32.0 Å². The fourth-order valence-electron chi connectivity index (χ4n) is 4.16. The molecule has 0 unspecified atom stereocenters. The van der Waals surface area contributed by atoms with Gasteiger partial charge >= 0.3 is 6.03 Å². The lowest BCUT2D eigenvalue weighted by Gasteiger charge is -2.26. The maximum atomic E-state index is 13.1. The van der Waals surface area contributed by atoms with Gasteiger partial charge < -0.3 is 10.2 Å². The van der Waals surface area contributed by atoms with Crippen molar-refractivity contribution >= 4 is 23.5 Å². The molecule has 0 radical (unpaired) electrons. The maximum Gasteiger partial charge on any atom is 0.325 e. The zero-order chi connectivity index (χ0) is 21.0. The van der Waals surface area contributed by atoms with Crippen molar-refractivity contribution in [2.75, 3.05) is 18.0 Å². The summed E-state index contributed by atoms with van der Waals surface area (Å²) in [6.45, 7) is 3.84. The van der Waals surface area contributed by atoms with Gasteiger partial charge in [-0.05, 0) is 49.9 Å². The molecule has 154 valence electrons. The predicted octanol–water partition coefficient (Wildman–Crippen LogP) is 3.19. The van der Waals surface area contributed by atoms with E-state index < -0.39 is 11.6 Å². The SMILES string of the molecule is Cc1ccc(N(CCC#N)C(=O)CN2C(=O)NC3(CCCCCC3)C2=O)cc1C. The first-order chi connectivity index (χ1) is 13.9. The molecular weight excluding hydrogens is 368 g/mol. The van der Waals surface area contributed by atoms with Crippen molar-refractivity contribution in [1.82, 2.24) is 10.2 Å². The highest BCUT2D eigenvalue weighted by atomic mass is 16.2. The van der Waals surface area contributed by atoms with Crippen LogP contribution in [0.5, 0.6) is 0 Å². The fraction of sp³-hybridized carbons (Fsp3) is 0.545. The van der Waals surface area contributed by atoms with Crippen molar-refractivity contribution in [2.24, 2.45) is 0 Å². The van der Waals surface area contributed by atoms with Crippen molar-refractivity contribution in [3.05, 3.63) is 29.3 Å². The number of urea groups is 1. The quantitative estimate of drug-likeness (QED) is 0.774. The van der Waals surface area contributed by atoms with Crippen LogP contribution in [-0.2, 0) is 9.59 Å². The van der Waals surface area contributed by atoms with E-state index in [-0.39, 0.29) is 31.3 Å². The van der Waals surface area contributed by atoms with E-state index in [4.69, 9.17) is 5.26 Å². The second kappa shape index (κ2) is 8.64. The Labute approximate surface area is 171 Å². The number of nitriles is 1. The van der Waals surface area contributed by atoms with Crippen LogP contribution in [-0.4, -0.2) is 41.4 Å². The van der Waals surface area contributed by atoms with Gasteiger partial charge in [0, 0.05) is 12.2 Å². The third-order valence-electron chi connectivity index (χ3n) is 6.05. The summed E-state index contributed by atoms with van der Waals surface area (Å²) in [6.07, 6.45) is 5.31. The maximum absolute atomic E-state index is 13.1. The fourth-order valence-corrected chi connectivity index (χ4v) is 4.16. The van der Waals surface area contributed by atoms with Crippen LogP contribution in [0.1, 0.15) is 56.1 Å². The molecule has 0 atom stereocenters. The number of aryl methyl sites for hydroxylation is 2. The molecule has 1 heterocycles. The normalized spacial score (nSPS) is 18.3. The Balaban J connectivity index is 1.80. The Morgan fingerprint density at radius 3 is 2.48 bits per heavy atom. The first-order valence-corrected chi connectivity index (χ1v) is 10.3. The van der Waals surface area contributed by atoms with E-state index in [1.165, 1.54) is 4.90 Å². The van der Waals surface area contributed by atoms with Gasteiger partial charge in [0.05, 0.1) is 12.5 Å². The highest BCUT2D eigenvalue weighted by Gasteiger charge is 2.51. The number of carbonyl (C=O) groups is 3. The summed E-state index contributed by atoms with van der Waals surface area (Å²) < 4.78 is 0. The van der Waals surface area contributed by atoms with E-state index in [0.717, 1.165) is 41.7 Å². The van der Waals surface area contributed by atoms with E-state index in [1.54, 1.807) is 0 Å². The highest BCUT2D eigenvalue weighted by molar-refractivity contribution is 6.10. The van der Waals surface area contributed by atoms with Gasteiger partial charge in [0.2, 0.25) is 5.91 Å². The summed E-state index contributed by atoms with van der Waals surface area (Å²) in [4.78, 5) is 41.2. The van der Waals surface area contributed by atoms with Crippen LogP contribution >= 0.6 is 0 Å². The number of amides is 4. The van der Waals surface area contributed by atoms with E-state index in [0.29, 0.717) is 18.5 Å². The van der Waals surface area contributed by atoms with Crippen LogP contribution in [0.3, 0.4) is 0 Å². The number of rotatable bonds is 5. The number of nitrogens with one attached hydrogen (secondary N) is 1. The van der Waals surface area contributed by atoms with Crippen LogP contribution in [0.15, 0.2) is 18.2 Å². The van der Waals surface area contributed by atoms with E-state index in [9.17, 15) is 14.4 Å². The van der Waals surface area contributed by atoms with Gasteiger partial charge in [-0.15, -0.1) is 0 Å². The zero-order valence-corrected chi connectivity index (χ0v) is 17.2. The van der Waals surface area contributed by atoms with Crippen molar-refractivity contribution < 1.29 is 14.4 Å². The van der Waals surface area contributed by atoms with Gasteiger partial charge in [0.1, 0.15) is 12.1 Å². The third kappa shape index (κ3) is 4.26. The zero-order valence-electron chi connectivity index (χ0n) is 17.2. The molecule has 4 amide bonds. The van der Waals surface area contributed by atoms with Crippen LogP contribution in [0, 0.1) is 25.2 Å². The Morgan fingerprint density at radius 2 is 1.86 bits per heavy atom. The number of anilines is 1. The Bertz CT molecular complexity index is 850. The molecule has 3 rings (SSSR count). The Kier molecular flexibility index (Phi) is 6.21. The molecule has 1 aromatic carbocycles. The largest absolute Gasteiger partial charge is 0.325 e. The van der Waals surface area contributed by atoms with Crippen molar-refractivity contribution in [3.63, 3.8) is 0 Å². The molecule has 29 heavy (non-hydrogen) atoms. The number of carbonyl (C=O) groups excluding carboxylic acids is 3. The molecule has 1 aliphatic heterocycles. The molecule has 0 aromatic heterocycles. The second-order valence-electron chi connectivity index (χ2n) is 8.04. The lowest BCUT2D eigenvalue weighted by Crippen LogP contribution is -2.47. The highest BCUT2D eigenvalue weighted by Crippen LogP contribution is 2.32. The summed E-state index contributed by atoms with van der Waals surface area (Å²) >= 11 is 0. The smallest absolute Gasteiger partial charge is 0.323 e. The number of hydrogen-bond donors (Lipinski definition) is 1. The van der Waals surface area contributed by atoms with Crippen molar-refractivity contribution in [3.8, 4) is 6.07 Å². The van der Waals surface area contributed by atoms with Gasteiger partial charge in [-0.1, -0.05) is 31.7 Å². The summed E-state index contributed by atoms with van der Waals surface area (Å²) in [5.41, 5.74) is 1.95. The number of benzene rings is 1. The Hall–Kier alpha value is -2.88. The summed E-state index contributed by atoms with van der Waals surface area (Å²) in [5, 5.41) is 11.9. The van der Waals surface area contributed by atoms with Gasteiger partial charge in [-0.3, -0.25) is 14.5 Å². The topological polar surface area (TPSA) is 93.5 Å². The predicted molar refractivity (Wildman–Crippen MR) is 109 cm³/mol. The summed E-state index contributed by atoms with van der Waals surface area (Å²) in [5.74, 6) is -0.657. The molecule has 1 N–H and O–H groups in total. The van der Waals surface area contributed by atoms with Crippen molar-refractivity contribution in [1.29, 1.82) is 5.26 Å².